The fraction of sp³-hybridized carbons (Fsp3) is 0.278. The van der Waals surface area contributed by atoms with Crippen LogP contribution < -0.4 is 5.32 Å². The van der Waals surface area contributed by atoms with Crippen LogP contribution in [0.25, 0.3) is 0 Å². The predicted molar refractivity (Wildman–Crippen MR) is 92.4 cm³/mol. The van der Waals surface area contributed by atoms with E-state index >= 15 is 0 Å². The normalized spacial score (nSPS) is 10.4. The molecule has 0 aromatic heterocycles. The second-order valence-corrected chi connectivity index (χ2v) is 6.24. The van der Waals surface area contributed by atoms with Gasteiger partial charge in [-0.1, -0.05) is 30.7 Å². The molecule has 2 rings (SSSR count). The van der Waals surface area contributed by atoms with E-state index in [9.17, 15) is 9.90 Å². The van der Waals surface area contributed by atoms with Gasteiger partial charge >= 0.3 is 0 Å². The fourth-order valence-electron chi connectivity index (χ4n) is 2.08. The molecule has 0 radical (unpaired) electrons. The number of unbranched alkanes of at least 4 members (excludes halogenated alkanes) is 2. The van der Waals surface area contributed by atoms with E-state index in [0.717, 1.165) is 25.0 Å². The molecule has 116 valence electrons. The first-order valence-electron chi connectivity index (χ1n) is 7.51. The number of aromatic hydroxyl groups is 1. The van der Waals surface area contributed by atoms with Crippen molar-refractivity contribution in [1.82, 2.24) is 0 Å². The molecule has 3 nitrogen and oxygen atoms in total. The number of carbonyl (C=O) groups excluding carboxylic acids is 1. The van der Waals surface area contributed by atoms with Crippen LogP contribution in [0.2, 0.25) is 0 Å². The lowest BCUT2D eigenvalue weighted by atomic mass is 10.2. The van der Waals surface area contributed by atoms with Crippen molar-refractivity contribution in [2.24, 2.45) is 0 Å². The summed E-state index contributed by atoms with van der Waals surface area (Å²) in [5.41, 5.74) is 0.643. The van der Waals surface area contributed by atoms with Crippen molar-refractivity contribution in [1.29, 1.82) is 0 Å². The third kappa shape index (κ3) is 6.22. The van der Waals surface area contributed by atoms with E-state index in [1.807, 2.05) is 30.0 Å². The van der Waals surface area contributed by atoms with Gasteiger partial charge in [-0.25, -0.2) is 0 Å². The summed E-state index contributed by atoms with van der Waals surface area (Å²) in [5.74, 6) is 1.25. The smallest absolute Gasteiger partial charge is 0.224 e. The summed E-state index contributed by atoms with van der Waals surface area (Å²) < 4.78 is 0. The molecule has 0 fully saturated rings. The topological polar surface area (TPSA) is 49.3 Å². The van der Waals surface area contributed by atoms with Gasteiger partial charge in [0.25, 0.3) is 0 Å². The minimum Gasteiger partial charge on any atom is -0.508 e. The third-order valence-electron chi connectivity index (χ3n) is 3.19. The molecule has 1 amide bonds. The summed E-state index contributed by atoms with van der Waals surface area (Å²) in [7, 11) is 0. The Labute approximate surface area is 135 Å². The summed E-state index contributed by atoms with van der Waals surface area (Å²) in [6.07, 6.45) is 3.57. The molecule has 4 heteroatoms. The predicted octanol–water partition coefficient (Wildman–Crippen LogP) is 4.68. The van der Waals surface area contributed by atoms with Crippen molar-refractivity contribution in [2.45, 2.75) is 30.6 Å². The highest BCUT2D eigenvalue weighted by molar-refractivity contribution is 7.99. The lowest BCUT2D eigenvalue weighted by Gasteiger charge is -2.05. The van der Waals surface area contributed by atoms with E-state index in [2.05, 4.69) is 17.4 Å². The van der Waals surface area contributed by atoms with E-state index in [1.54, 1.807) is 24.3 Å². The van der Waals surface area contributed by atoms with Gasteiger partial charge < -0.3 is 10.4 Å². The molecule has 2 aromatic carbocycles. The number of amides is 1. The zero-order valence-corrected chi connectivity index (χ0v) is 13.3. The van der Waals surface area contributed by atoms with Crippen LogP contribution in [-0.4, -0.2) is 16.8 Å². The van der Waals surface area contributed by atoms with Crippen molar-refractivity contribution in [3.63, 3.8) is 0 Å². The van der Waals surface area contributed by atoms with E-state index in [0.29, 0.717) is 12.1 Å². The minimum absolute atomic E-state index is 0.00122. The molecule has 2 N–H and O–H groups in total. The van der Waals surface area contributed by atoms with Crippen LogP contribution in [0, 0.1) is 0 Å². The van der Waals surface area contributed by atoms with Gasteiger partial charge in [-0.15, -0.1) is 11.8 Å². The van der Waals surface area contributed by atoms with E-state index in [-0.39, 0.29) is 11.7 Å². The van der Waals surface area contributed by atoms with Gasteiger partial charge in [0.15, 0.2) is 0 Å². The molecule has 22 heavy (non-hydrogen) atoms. The number of anilines is 1. The SMILES string of the molecule is O=C(CCCCCSc1ccccc1)Nc1cccc(O)c1. The average molecular weight is 315 g/mol. The maximum absolute atomic E-state index is 11.8. The second kappa shape index (κ2) is 9.15. The van der Waals surface area contributed by atoms with Gasteiger partial charge in [0.05, 0.1) is 0 Å². The minimum atomic E-state index is 0.00122. The number of rotatable bonds is 8. The summed E-state index contributed by atoms with van der Waals surface area (Å²) in [5, 5.41) is 12.1. The summed E-state index contributed by atoms with van der Waals surface area (Å²) in [6.45, 7) is 0. The Morgan fingerprint density at radius 2 is 1.82 bits per heavy atom. The van der Waals surface area contributed by atoms with Gasteiger partial charge in [-0.3, -0.25) is 4.79 Å². The van der Waals surface area contributed by atoms with Crippen LogP contribution >= 0.6 is 11.8 Å². The lowest BCUT2D eigenvalue weighted by Crippen LogP contribution is -2.10. The van der Waals surface area contributed by atoms with Crippen LogP contribution in [0.1, 0.15) is 25.7 Å². The number of carbonyl (C=O) groups is 1. The van der Waals surface area contributed by atoms with Crippen LogP contribution in [0.3, 0.4) is 0 Å². The molecular formula is C18H21NO2S. The van der Waals surface area contributed by atoms with E-state index in [1.165, 1.54) is 4.90 Å². The van der Waals surface area contributed by atoms with Gasteiger partial charge in [0, 0.05) is 23.1 Å². The highest BCUT2D eigenvalue weighted by Gasteiger charge is 2.03. The number of nitrogens with one attached hydrogen (secondary N) is 1. The van der Waals surface area contributed by atoms with E-state index < -0.39 is 0 Å². The number of hydrogen-bond donors (Lipinski definition) is 2. The molecule has 0 aliphatic carbocycles. The summed E-state index contributed by atoms with van der Waals surface area (Å²) >= 11 is 1.86. The van der Waals surface area contributed by atoms with Crippen molar-refractivity contribution in [2.75, 3.05) is 11.1 Å². The van der Waals surface area contributed by atoms with Crippen LogP contribution in [0.4, 0.5) is 5.69 Å². The van der Waals surface area contributed by atoms with Gasteiger partial charge in [0.1, 0.15) is 5.75 Å². The monoisotopic (exact) mass is 315 g/mol. The molecule has 0 unspecified atom stereocenters. The molecule has 0 saturated heterocycles. The zero-order valence-electron chi connectivity index (χ0n) is 12.5. The Balaban J connectivity index is 1.56. The summed E-state index contributed by atoms with van der Waals surface area (Å²) in [6, 6.07) is 17.0. The van der Waals surface area contributed by atoms with Crippen molar-refractivity contribution in [3.8, 4) is 5.75 Å². The van der Waals surface area contributed by atoms with Gasteiger partial charge in [-0.05, 0) is 42.9 Å². The Kier molecular flexibility index (Phi) is 6.84. The molecular weight excluding hydrogens is 294 g/mol. The molecule has 0 bridgehead atoms. The highest BCUT2D eigenvalue weighted by Crippen LogP contribution is 2.19. The summed E-state index contributed by atoms with van der Waals surface area (Å²) in [4.78, 5) is 13.1. The van der Waals surface area contributed by atoms with Gasteiger partial charge in [0.2, 0.25) is 5.91 Å². The molecule has 0 heterocycles. The van der Waals surface area contributed by atoms with Gasteiger partial charge in [-0.2, -0.15) is 0 Å². The number of phenolic OH excluding ortho intramolecular Hbond substituents is 1. The maximum Gasteiger partial charge on any atom is 0.224 e. The first kappa shape index (κ1) is 16.4. The quantitative estimate of drug-likeness (QED) is 0.549. The molecule has 2 aromatic rings. The lowest BCUT2D eigenvalue weighted by molar-refractivity contribution is -0.116. The molecule has 0 atom stereocenters. The fourth-order valence-corrected chi connectivity index (χ4v) is 3.01. The van der Waals surface area contributed by atoms with Crippen LogP contribution in [0.5, 0.6) is 5.75 Å². The largest absolute Gasteiger partial charge is 0.508 e. The molecule has 0 spiro atoms. The first-order chi connectivity index (χ1) is 10.7. The number of benzene rings is 2. The molecule has 0 saturated carbocycles. The Bertz CT molecular complexity index is 587. The number of phenols is 1. The first-order valence-corrected chi connectivity index (χ1v) is 8.49. The van der Waals surface area contributed by atoms with E-state index in [4.69, 9.17) is 0 Å². The number of hydrogen-bond acceptors (Lipinski definition) is 3. The van der Waals surface area contributed by atoms with Crippen molar-refractivity contribution >= 4 is 23.4 Å². The number of thioether (sulfide) groups is 1. The van der Waals surface area contributed by atoms with Crippen LogP contribution in [0.15, 0.2) is 59.5 Å². The zero-order chi connectivity index (χ0) is 15.6. The Hall–Kier alpha value is -1.94. The Morgan fingerprint density at radius 3 is 2.59 bits per heavy atom. The van der Waals surface area contributed by atoms with Crippen molar-refractivity contribution in [3.05, 3.63) is 54.6 Å². The highest BCUT2D eigenvalue weighted by atomic mass is 32.2. The maximum atomic E-state index is 11.8. The van der Waals surface area contributed by atoms with Crippen LogP contribution in [-0.2, 0) is 4.79 Å². The molecule has 0 aliphatic rings. The Morgan fingerprint density at radius 1 is 1.00 bits per heavy atom. The average Bonchev–Trinajstić information content (AvgIpc) is 2.52. The standard InChI is InChI=1S/C18H21NO2S/c20-16-9-7-8-15(14-16)19-18(21)12-5-2-6-13-22-17-10-3-1-4-11-17/h1,3-4,7-11,14,20H,2,5-6,12-13H2,(H,19,21). The van der Waals surface area contributed by atoms with Crippen molar-refractivity contribution < 1.29 is 9.90 Å². The third-order valence-corrected chi connectivity index (χ3v) is 4.29. The second-order valence-electron chi connectivity index (χ2n) is 5.07. The molecule has 0 aliphatic heterocycles.